The molecule has 0 aromatic heterocycles. The second-order valence-electron chi connectivity index (χ2n) is 4.05. The number of rotatable bonds is 4. The summed E-state index contributed by atoms with van der Waals surface area (Å²) in [6, 6.07) is 0.489. The third-order valence-corrected chi connectivity index (χ3v) is 2.45. The molecule has 0 radical (unpaired) electrons. The highest BCUT2D eigenvalue weighted by Gasteiger charge is 2.29. The van der Waals surface area contributed by atoms with Crippen molar-refractivity contribution < 1.29 is 5.11 Å². The zero-order chi connectivity index (χ0) is 9.84. The molecule has 0 aromatic rings. The highest BCUT2D eigenvalue weighted by atomic mass is 16.3. The minimum absolute atomic E-state index is 0.148. The van der Waals surface area contributed by atoms with Crippen LogP contribution in [0.4, 0.5) is 0 Å². The van der Waals surface area contributed by atoms with E-state index in [1.807, 2.05) is 6.08 Å². The molecule has 3 nitrogen and oxygen atoms in total. The maximum atomic E-state index is 9.52. The first-order chi connectivity index (χ1) is 6.13. The molecule has 76 valence electrons. The van der Waals surface area contributed by atoms with Crippen molar-refractivity contribution in [1.82, 2.24) is 9.80 Å². The predicted molar refractivity (Wildman–Crippen MR) is 54.7 cm³/mol. The summed E-state index contributed by atoms with van der Waals surface area (Å²) in [4.78, 5) is 4.45. The Kier molecular flexibility index (Phi) is 3.90. The van der Waals surface area contributed by atoms with Crippen LogP contribution in [-0.2, 0) is 0 Å². The number of aliphatic hydroxyl groups excluding tert-OH is 1. The van der Waals surface area contributed by atoms with Crippen LogP contribution < -0.4 is 0 Å². The molecule has 1 aliphatic heterocycles. The van der Waals surface area contributed by atoms with Gasteiger partial charge < -0.3 is 10.0 Å². The Morgan fingerprint density at radius 3 is 2.85 bits per heavy atom. The van der Waals surface area contributed by atoms with Crippen LogP contribution in [0.3, 0.4) is 0 Å². The van der Waals surface area contributed by atoms with Gasteiger partial charge >= 0.3 is 0 Å². The van der Waals surface area contributed by atoms with E-state index in [9.17, 15) is 5.11 Å². The molecule has 2 atom stereocenters. The Labute approximate surface area is 80.6 Å². The molecule has 0 aliphatic carbocycles. The lowest BCUT2D eigenvalue weighted by atomic mass is 10.2. The van der Waals surface area contributed by atoms with E-state index in [-0.39, 0.29) is 6.10 Å². The highest BCUT2D eigenvalue weighted by molar-refractivity contribution is 4.89. The van der Waals surface area contributed by atoms with Crippen LogP contribution in [-0.4, -0.2) is 60.8 Å². The number of β-amino-alcohol motifs (C(OH)–C–C–N with tert-alkyl or cyclic N) is 1. The van der Waals surface area contributed by atoms with E-state index >= 15 is 0 Å². The Hall–Kier alpha value is -0.380. The Morgan fingerprint density at radius 1 is 1.62 bits per heavy atom. The van der Waals surface area contributed by atoms with Crippen molar-refractivity contribution >= 4 is 0 Å². The molecule has 1 aliphatic rings. The number of aliphatic hydroxyl groups is 1. The average Bonchev–Trinajstić information content (AvgIpc) is 2.31. The molecule has 0 saturated carbocycles. The summed E-state index contributed by atoms with van der Waals surface area (Å²) in [6.07, 6.45) is 2.65. The van der Waals surface area contributed by atoms with E-state index in [0.717, 1.165) is 26.1 Å². The monoisotopic (exact) mass is 184 g/mol. The van der Waals surface area contributed by atoms with Gasteiger partial charge in [0.05, 0.1) is 6.10 Å². The average molecular weight is 184 g/mol. The molecule has 1 fully saturated rings. The lowest BCUT2D eigenvalue weighted by Crippen LogP contribution is -2.37. The summed E-state index contributed by atoms with van der Waals surface area (Å²) in [5.41, 5.74) is 0. The molecule has 1 saturated heterocycles. The molecule has 0 spiro atoms. The third-order valence-electron chi connectivity index (χ3n) is 2.45. The number of nitrogens with zero attached hydrogens (tertiary/aromatic N) is 2. The molecule has 3 heteroatoms. The molecule has 1 heterocycles. The second-order valence-corrected chi connectivity index (χ2v) is 4.05. The molecule has 0 bridgehead atoms. The summed E-state index contributed by atoms with van der Waals surface area (Å²) in [7, 11) is 4.13. The van der Waals surface area contributed by atoms with Gasteiger partial charge in [0.15, 0.2) is 0 Å². The van der Waals surface area contributed by atoms with Crippen LogP contribution in [0.5, 0.6) is 0 Å². The van der Waals surface area contributed by atoms with Crippen LogP contribution in [0.15, 0.2) is 12.7 Å². The van der Waals surface area contributed by atoms with Crippen molar-refractivity contribution in [2.45, 2.75) is 18.6 Å². The molecular formula is C10H20N2O. The quantitative estimate of drug-likeness (QED) is 0.631. The fourth-order valence-corrected chi connectivity index (χ4v) is 1.96. The zero-order valence-corrected chi connectivity index (χ0v) is 8.61. The third kappa shape index (κ3) is 3.10. The largest absolute Gasteiger partial charge is 0.392 e. The van der Waals surface area contributed by atoms with E-state index in [1.165, 1.54) is 0 Å². The van der Waals surface area contributed by atoms with Gasteiger partial charge in [-0.3, -0.25) is 4.90 Å². The van der Waals surface area contributed by atoms with Crippen molar-refractivity contribution in [3.05, 3.63) is 12.7 Å². The van der Waals surface area contributed by atoms with Crippen LogP contribution in [0.25, 0.3) is 0 Å². The van der Waals surface area contributed by atoms with Crippen LogP contribution in [0.2, 0.25) is 0 Å². The van der Waals surface area contributed by atoms with Gasteiger partial charge in [-0.2, -0.15) is 0 Å². The lowest BCUT2D eigenvalue weighted by molar-refractivity contribution is 0.178. The number of likely N-dealkylation sites (tertiary alicyclic amines) is 1. The molecular weight excluding hydrogens is 164 g/mol. The summed E-state index contributed by atoms with van der Waals surface area (Å²) in [6.45, 7) is 6.43. The van der Waals surface area contributed by atoms with E-state index in [1.54, 1.807) is 0 Å². The van der Waals surface area contributed by atoms with Gasteiger partial charge in [-0.15, -0.1) is 6.58 Å². The van der Waals surface area contributed by atoms with Gasteiger partial charge in [0.1, 0.15) is 0 Å². The van der Waals surface area contributed by atoms with Gasteiger partial charge in [-0.05, 0) is 20.5 Å². The molecule has 0 amide bonds. The second kappa shape index (κ2) is 4.74. The standard InChI is InChI=1S/C10H20N2O/c1-4-5-12-8-10(13)6-9(12)7-11(2)3/h4,9-10,13H,1,5-8H2,2-3H3. The first kappa shape index (κ1) is 10.7. The predicted octanol–water partition coefficient (Wildman–Crippen LogP) is 0.169. The zero-order valence-electron chi connectivity index (χ0n) is 8.61. The fraction of sp³-hybridized carbons (Fsp3) is 0.800. The first-order valence-electron chi connectivity index (χ1n) is 4.81. The fourth-order valence-electron chi connectivity index (χ4n) is 1.96. The molecule has 1 N–H and O–H groups in total. The highest BCUT2D eigenvalue weighted by Crippen LogP contribution is 2.17. The minimum Gasteiger partial charge on any atom is -0.392 e. The molecule has 1 rings (SSSR count). The maximum Gasteiger partial charge on any atom is 0.0682 e. The van der Waals surface area contributed by atoms with Gasteiger partial charge in [0.25, 0.3) is 0 Å². The van der Waals surface area contributed by atoms with E-state index in [4.69, 9.17) is 0 Å². The first-order valence-corrected chi connectivity index (χ1v) is 4.81. The van der Waals surface area contributed by atoms with Crippen LogP contribution in [0, 0.1) is 0 Å². The van der Waals surface area contributed by atoms with Gasteiger partial charge in [0.2, 0.25) is 0 Å². The van der Waals surface area contributed by atoms with E-state index in [2.05, 4.69) is 30.5 Å². The van der Waals surface area contributed by atoms with Gasteiger partial charge in [0, 0.05) is 25.7 Å². The number of hydrogen-bond donors (Lipinski definition) is 1. The summed E-state index contributed by atoms with van der Waals surface area (Å²) in [5, 5.41) is 9.52. The number of likely N-dealkylation sites (N-methyl/N-ethyl adjacent to an activating group) is 1. The van der Waals surface area contributed by atoms with Crippen LogP contribution in [0.1, 0.15) is 6.42 Å². The van der Waals surface area contributed by atoms with Crippen molar-refractivity contribution in [2.75, 3.05) is 33.7 Å². The van der Waals surface area contributed by atoms with Gasteiger partial charge in [-0.1, -0.05) is 6.08 Å². The topological polar surface area (TPSA) is 26.7 Å². The van der Waals surface area contributed by atoms with Crippen molar-refractivity contribution in [3.63, 3.8) is 0 Å². The molecule has 2 unspecified atom stereocenters. The normalized spacial score (nSPS) is 29.8. The maximum absolute atomic E-state index is 9.52. The van der Waals surface area contributed by atoms with Crippen molar-refractivity contribution in [3.8, 4) is 0 Å². The van der Waals surface area contributed by atoms with Crippen LogP contribution >= 0.6 is 0 Å². The van der Waals surface area contributed by atoms with Crippen molar-refractivity contribution in [1.29, 1.82) is 0 Å². The lowest BCUT2D eigenvalue weighted by Gasteiger charge is -2.25. The van der Waals surface area contributed by atoms with E-state index < -0.39 is 0 Å². The van der Waals surface area contributed by atoms with Gasteiger partial charge in [-0.25, -0.2) is 0 Å². The summed E-state index contributed by atoms with van der Waals surface area (Å²) >= 11 is 0. The molecule has 0 aromatic carbocycles. The smallest absolute Gasteiger partial charge is 0.0682 e. The minimum atomic E-state index is -0.148. The van der Waals surface area contributed by atoms with E-state index in [0.29, 0.717) is 6.04 Å². The summed E-state index contributed by atoms with van der Waals surface area (Å²) in [5.74, 6) is 0. The Balaban J connectivity index is 2.45. The number of hydrogen-bond acceptors (Lipinski definition) is 3. The summed E-state index contributed by atoms with van der Waals surface area (Å²) < 4.78 is 0. The SMILES string of the molecule is C=CCN1CC(O)CC1CN(C)C. The molecule has 13 heavy (non-hydrogen) atoms. The Bertz CT molecular complexity index is 170. The van der Waals surface area contributed by atoms with Crippen molar-refractivity contribution in [2.24, 2.45) is 0 Å². The Morgan fingerprint density at radius 2 is 2.31 bits per heavy atom.